The van der Waals surface area contributed by atoms with Crippen molar-refractivity contribution in [3.05, 3.63) is 70.8 Å². The Labute approximate surface area is 125 Å². The van der Waals surface area contributed by atoms with Crippen molar-refractivity contribution in [1.82, 2.24) is 0 Å². The van der Waals surface area contributed by atoms with E-state index in [0.29, 0.717) is 6.42 Å². The van der Waals surface area contributed by atoms with Crippen molar-refractivity contribution in [2.75, 3.05) is 6.54 Å². The highest BCUT2D eigenvalue weighted by Gasteiger charge is 2.40. The van der Waals surface area contributed by atoms with Crippen LogP contribution in [0.2, 0.25) is 0 Å². The molecule has 0 bridgehead atoms. The van der Waals surface area contributed by atoms with Gasteiger partial charge in [-0.15, -0.1) is 0 Å². The van der Waals surface area contributed by atoms with Gasteiger partial charge < -0.3 is 10.8 Å². The summed E-state index contributed by atoms with van der Waals surface area (Å²) in [5.74, 6) is -0.874. The lowest BCUT2D eigenvalue weighted by Gasteiger charge is -2.30. The van der Waals surface area contributed by atoms with Crippen molar-refractivity contribution in [2.45, 2.75) is 25.7 Å². The lowest BCUT2D eigenvalue weighted by atomic mass is 9.74. The summed E-state index contributed by atoms with van der Waals surface area (Å²) in [6, 6.07) is 15.5. The molecule has 110 valence electrons. The maximum absolute atomic E-state index is 12.0. The minimum Gasteiger partial charge on any atom is -0.481 e. The number of aryl methyl sites for hydroxylation is 2. The Morgan fingerprint density at radius 2 is 1.86 bits per heavy atom. The number of carbonyl (C=O) groups is 1. The third kappa shape index (κ3) is 2.98. The number of aliphatic carboxylic acids is 1. The second-order valence-corrected chi connectivity index (χ2v) is 5.57. The third-order valence-electron chi connectivity index (χ3n) is 4.01. The second kappa shape index (κ2) is 6.10. The van der Waals surface area contributed by atoms with Gasteiger partial charge >= 0.3 is 5.97 Å². The van der Waals surface area contributed by atoms with Gasteiger partial charge in [0.25, 0.3) is 0 Å². The number of carboxylic acids is 1. The maximum atomic E-state index is 12.0. The highest BCUT2D eigenvalue weighted by Crippen LogP contribution is 2.31. The molecule has 2 aromatic carbocycles. The molecule has 3 nitrogen and oxygen atoms in total. The molecular formula is C18H21NO2. The Balaban J connectivity index is 2.53. The summed E-state index contributed by atoms with van der Waals surface area (Å²) >= 11 is 0. The lowest BCUT2D eigenvalue weighted by molar-refractivity contribution is -0.143. The van der Waals surface area contributed by atoms with E-state index in [1.807, 2.05) is 62.4 Å². The first-order valence-electron chi connectivity index (χ1n) is 7.05. The van der Waals surface area contributed by atoms with Crippen molar-refractivity contribution in [3.8, 4) is 0 Å². The van der Waals surface area contributed by atoms with Crippen molar-refractivity contribution in [3.63, 3.8) is 0 Å². The van der Waals surface area contributed by atoms with E-state index in [0.717, 1.165) is 22.3 Å². The minimum absolute atomic E-state index is 0.0706. The average Bonchev–Trinajstić information content (AvgIpc) is 2.45. The summed E-state index contributed by atoms with van der Waals surface area (Å²) in [4.78, 5) is 12.0. The zero-order chi connectivity index (χ0) is 15.5. The second-order valence-electron chi connectivity index (χ2n) is 5.57. The van der Waals surface area contributed by atoms with Crippen LogP contribution in [0, 0.1) is 13.8 Å². The quantitative estimate of drug-likeness (QED) is 0.887. The van der Waals surface area contributed by atoms with Crippen LogP contribution < -0.4 is 5.73 Å². The molecule has 0 amide bonds. The van der Waals surface area contributed by atoms with Gasteiger partial charge in [0.05, 0.1) is 0 Å². The average molecular weight is 283 g/mol. The van der Waals surface area contributed by atoms with Crippen LogP contribution in [0.4, 0.5) is 0 Å². The first-order chi connectivity index (χ1) is 9.99. The van der Waals surface area contributed by atoms with Crippen LogP contribution in [-0.4, -0.2) is 17.6 Å². The largest absolute Gasteiger partial charge is 0.481 e. The predicted octanol–water partition coefficient (Wildman–Crippen LogP) is 2.83. The Hall–Kier alpha value is -2.13. The van der Waals surface area contributed by atoms with E-state index >= 15 is 0 Å². The normalized spacial score (nSPS) is 13.7. The smallest absolute Gasteiger partial charge is 0.315 e. The summed E-state index contributed by atoms with van der Waals surface area (Å²) in [6.07, 6.45) is 0.394. The Morgan fingerprint density at radius 3 is 2.43 bits per heavy atom. The fourth-order valence-electron chi connectivity index (χ4n) is 2.84. The SMILES string of the molecule is Cc1cccc(CC(CN)(C(=O)O)c2ccccc2C)c1. The minimum atomic E-state index is -1.08. The van der Waals surface area contributed by atoms with Crippen LogP contribution in [0.25, 0.3) is 0 Å². The number of carboxylic acid groups (broad SMARTS) is 1. The van der Waals surface area contributed by atoms with Gasteiger partial charge in [-0.2, -0.15) is 0 Å². The highest BCUT2D eigenvalue weighted by atomic mass is 16.4. The summed E-state index contributed by atoms with van der Waals surface area (Å²) in [5.41, 5.74) is 8.69. The van der Waals surface area contributed by atoms with E-state index in [4.69, 9.17) is 5.73 Å². The first-order valence-corrected chi connectivity index (χ1v) is 7.05. The van der Waals surface area contributed by atoms with Gasteiger partial charge in [0.2, 0.25) is 0 Å². The zero-order valence-electron chi connectivity index (χ0n) is 12.5. The number of hydrogen-bond donors (Lipinski definition) is 2. The molecule has 0 aromatic heterocycles. The summed E-state index contributed by atoms with van der Waals surface area (Å²) in [7, 11) is 0. The van der Waals surface area contributed by atoms with Gasteiger partial charge in [0.1, 0.15) is 5.41 Å². The number of hydrogen-bond acceptors (Lipinski definition) is 2. The van der Waals surface area contributed by atoms with Crippen molar-refractivity contribution in [2.24, 2.45) is 5.73 Å². The predicted molar refractivity (Wildman–Crippen MR) is 84.4 cm³/mol. The van der Waals surface area contributed by atoms with Crippen LogP contribution in [0.3, 0.4) is 0 Å². The number of benzene rings is 2. The van der Waals surface area contributed by atoms with E-state index in [1.54, 1.807) is 0 Å². The van der Waals surface area contributed by atoms with Crippen LogP contribution in [0.1, 0.15) is 22.3 Å². The fourth-order valence-corrected chi connectivity index (χ4v) is 2.84. The van der Waals surface area contributed by atoms with Crippen molar-refractivity contribution >= 4 is 5.97 Å². The summed E-state index contributed by atoms with van der Waals surface area (Å²) in [6.45, 7) is 4.00. The molecular weight excluding hydrogens is 262 g/mol. The van der Waals surface area contributed by atoms with E-state index in [2.05, 4.69) is 0 Å². The topological polar surface area (TPSA) is 63.3 Å². The van der Waals surface area contributed by atoms with Gasteiger partial charge in [-0.05, 0) is 37.0 Å². The molecule has 0 saturated heterocycles. The van der Waals surface area contributed by atoms with Crippen molar-refractivity contribution in [1.29, 1.82) is 0 Å². The van der Waals surface area contributed by atoms with Crippen molar-refractivity contribution < 1.29 is 9.90 Å². The van der Waals surface area contributed by atoms with Crippen LogP contribution in [0.5, 0.6) is 0 Å². The molecule has 2 rings (SSSR count). The molecule has 2 aromatic rings. The van der Waals surface area contributed by atoms with Gasteiger partial charge in [-0.3, -0.25) is 4.79 Å². The maximum Gasteiger partial charge on any atom is 0.315 e. The number of rotatable bonds is 5. The Bertz CT molecular complexity index is 651. The first kappa shape index (κ1) is 15.3. The molecule has 0 aliphatic carbocycles. The Morgan fingerprint density at radius 1 is 1.14 bits per heavy atom. The molecule has 1 unspecified atom stereocenters. The molecule has 0 radical (unpaired) electrons. The van der Waals surface area contributed by atoms with E-state index < -0.39 is 11.4 Å². The van der Waals surface area contributed by atoms with Crippen LogP contribution in [0.15, 0.2) is 48.5 Å². The molecule has 0 heterocycles. The molecule has 0 fully saturated rings. The molecule has 3 N–H and O–H groups in total. The van der Waals surface area contributed by atoms with Crippen LogP contribution in [-0.2, 0) is 16.6 Å². The monoisotopic (exact) mass is 283 g/mol. The van der Waals surface area contributed by atoms with Crippen LogP contribution >= 0.6 is 0 Å². The van der Waals surface area contributed by atoms with E-state index in [1.165, 1.54) is 0 Å². The summed E-state index contributed by atoms with van der Waals surface area (Å²) < 4.78 is 0. The molecule has 0 spiro atoms. The fraction of sp³-hybridized carbons (Fsp3) is 0.278. The zero-order valence-corrected chi connectivity index (χ0v) is 12.5. The van der Waals surface area contributed by atoms with Gasteiger partial charge in [0.15, 0.2) is 0 Å². The lowest BCUT2D eigenvalue weighted by Crippen LogP contribution is -2.45. The van der Waals surface area contributed by atoms with E-state index in [-0.39, 0.29) is 6.54 Å². The molecule has 21 heavy (non-hydrogen) atoms. The molecule has 0 aliphatic heterocycles. The standard InChI is InChI=1S/C18H21NO2/c1-13-6-5-8-15(10-13)11-18(12-19,17(20)21)16-9-4-3-7-14(16)2/h3-10H,11-12,19H2,1-2H3,(H,20,21). The van der Waals surface area contributed by atoms with Gasteiger partial charge in [-0.25, -0.2) is 0 Å². The highest BCUT2D eigenvalue weighted by molar-refractivity contribution is 5.83. The number of nitrogens with two attached hydrogens (primary N) is 1. The molecule has 0 aliphatic rings. The van der Waals surface area contributed by atoms with Gasteiger partial charge in [0, 0.05) is 6.54 Å². The van der Waals surface area contributed by atoms with Gasteiger partial charge in [-0.1, -0.05) is 54.1 Å². The molecule has 0 saturated carbocycles. The third-order valence-corrected chi connectivity index (χ3v) is 4.01. The Kier molecular flexibility index (Phi) is 4.43. The molecule has 1 atom stereocenters. The van der Waals surface area contributed by atoms with E-state index in [9.17, 15) is 9.90 Å². The summed E-state index contributed by atoms with van der Waals surface area (Å²) in [5, 5.41) is 9.85. The molecule has 3 heteroatoms.